The predicted molar refractivity (Wildman–Crippen MR) is 122 cm³/mol. The first kappa shape index (κ1) is 22.8. The summed E-state index contributed by atoms with van der Waals surface area (Å²) in [5, 5.41) is 33.5. The second kappa shape index (κ2) is 7.89. The summed E-state index contributed by atoms with van der Waals surface area (Å²) in [7, 11) is 0. The Balaban J connectivity index is 1.59. The van der Waals surface area contributed by atoms with Gasteiger partial charge in [0, 0.05) is 5.41 Å². The molecule has 3 fully saturated rings. The molecule has 4 aliphatic rings. The van der Waals surface area contributed by atoms with Crippen LogP contribution in [0.25, 0.3) is 0 Å². The zero-order chi connectivity index (χ0) is 21.9. The summed E-state index contributed by atoms with van der Waals surface area (Å²) in [6.45, 7) is 11.8. The number of fused-ring (bicyclic) bond motifs is 5. The van der Waals surface area contributed by atoms with Crippen molar-refractivity contribution in [1.29, 1.82) is 0 Å². The lowest BCUT2D eigenvalue weighted by molar-refractivity contribution is -0.175. The quantitative estimate of drug-likeness (QED) is 0.519. The summed E-state index contributed by atoms with van der Waals surface area (Å²) in [6, 6.07) is 0. The molecule has 0 heterocycles. The third kappa shape index (κ3) is 3.33. The first-order chi connectivity index (χ1) is 14.0. The van der Waals surface area contributed by atoms with Gasteiger partial charge < -0.3 is 15.3 Å². The number of aliphatic hydroxyl groups excluding tert-OH is 2. The first-order valence-electron chi connectivity index (χ1n) is 12.8. The molecule has 172 valence electrons. The van der Waals surface area contributed by atoms with Gasteiger partial charge in [-0.25, -0.2) is 0 Å². The molecular formula is C27H46O3. The molecule has 0 aromatic rings. The Labute approximate surface area is 184 Å². The third-order valence-corrected chi connectivity index (χ3v) is 10.5. The highest BCUT2D eigenvalue weighted by Gasteiger charge is 2.65. The lowest BCUT2D eigenvalue weighted by Crippen LogP contribution is -2.64. The van der Waals surface area contributed by atoms with Crippen molar-refractivity contribution in [2.24, 2.45) is 40.4 Å². The maximum Gasteiger partial charge on any atom is 0.0917 e. The Morgan fingerprint density at radius 2 is 1.73 bits per heavy atom. The highest BCUT2D eigenvalue weighted by atomic mass is 16.3. The van der Waals surface area contributed by atoms with E-state index in [0.29, 0.717) is 12.3 Å². The van der Waals surface area contributed by atoms with Crippen LogP contribution >= 0.6 is 0 Å². The Morgan fingerprint density at radius 1 is 1.00 bits per heavy atom. The topological polar surface area (TPSA) is 60.7 Å². The maximum atomic E-state index is 12.2. The van der Waals surface area contributed by atoms with Crippen LogP contribution in [0.15, 0.2) is 11.6 Å². The smallest absolute Gasteiger partial charge is 0.0917 e. The second-order valence-electron chi connectivity index (χ2n) is 12.5. The van der Waals surface area contributed by atoms with Crippen molar-refractivity contribution in [3.8, 4) is 0 Å². The van der Waals surface area contributed by atoms with Crippen LogP contribution in [-0.2, 0) is 0 Å². The number of aliphatic hydroxyl groups is 3. The summed E-state index contributed by atoms with van der Waals surface area (Å²) in [6.07, 6.45) is 11.6. The molecule has 3 N–H and O–H groups in total. The minimum Gasteiger partial charge on any atom is -0.393 e. The second-order valence-corrected chi connectivity index (χ2v) is 12.5. The molecular weight excluding hydrogens is 372 g/mol. The van der Waals surface area contributed by atoms with Crippen molar-refractivity contribution in [1.82, 2.24) is 0 Å². The van der Waals surface area contributed by atoms with Crippen LogP contribution in [0.2, 0.25) is 0 Å². The summed E-state index contributed by atoms with van der Waals surface area (Å²) in [5.74, 6) is 2.59. The third-order valence-electron chi connectivity index (χ3n) is 10.5. The number of hydrogen-bond acceptors (Lipinski definition) is 3. The molecule has 3 nitrogen and oxygen atoms in total. The Bertz CT molecular complexity index is 671. The van der Waals surface area contributed by atoms with Gasteiger partial charge in [-0.05, 0) is 85.5 Å². The molecule has 9 atom stereocenters. The molecule has 0 aromatic carbocycles. The van der Waals surface area contributed by atoms with E-state index < -0.39 is 11.7 Å². The largest absolute Gasteiger partial charge is 0.393 e. The molecule has 3 saturated carbocycles. The van der Waals surface area contributed by atoms with Crippen LogP contribution in [0.1, 0.15) is 98.8 Å². The molecule has 4 rings (SSSR count). The van der Waals surface area contributed by atoms with Gasteiger partial charge >= 0.3 is 0 Å². The van der Waals surface area contributed by atoms with Crippen LogP contribution in [0.3, 0.4) is 0 Å². The van der Waals surface area contributed by atoms with Crippen molar-refractivity contribution < 1.29 is 15.3 Å². The van der Waals surface area contributed by atoms with Crippen molar-refractivity contribution in [2.45, 2.75) is 117 Å². The minimum atomic E-state index is -0.809. The van der Waals surface area contributed by atoms with Crippen molar-refractivity contribution in [2.75, 3.05) is 0 Å². The Hall–Kier alpha value is -0.380. The number of hydrogen-bond donors (Lipinski definition) is 3. The summed E-state index contributed by atoms with van der Waals surface area (Å²) in [5.41, 5.74) is 0.275. The summed E-state index contributed by atoms with van der Waals surface area (Å²) < 4.78 is 0. The van der Waals surface area contributed by atoms with Crippen molar-refractivity contribution >= 4 is 0 Å². The van der Waals surface area contributed by atoms with Crippen LogP contribution in [0.5, 0.6) is 0 Å². The fourth-order valence-corrected chi connectivity index (χ4v) is 8.52. The van der Waals surface area contributed by atoms with Gasteiger partial charge in [0.05, 0.1) is 17.8 Å². The zero-order valence-electron chi connectivity index (χ0n) is 20.0. The average molecular weight is 419 g/mol. The summed E-state index contributed by atoms with van der Waals surface area (Å²) >= 11 is 0. The van der Waals surface area contributed by atoms with Gasteiger partial charge in [0.25, 0.3) is 0 Å². The zero-order valence-corrected chi connectivity index (χ0v) is 20.0. The van der Waals surface area contributed by atoms with E-state index in [0.717, 1.165) is 55.4 Å². The van der Waals surface area contributed by atoms with E-state index in [2.05, 4.69) is 34.6 Å². The van der Waals surface area contributed by atoms with Gasteiger partial charge in [-0.15, -0.1) is 0 Å². The standard InChI is InChI=1S/C27H46O3/c1-17(2)7-6-8-18(3)20-9-10-21-22-16-24(29)23-15-19(28)11-12-26(23,5)27(22,30)14-13-25(20,21)4/h16-21,23-24,28-30H,6-15H2,1-5H3/t18-,19?,20-,21+,23?,24?,25-,26+,27?/m1/s1. The van der Waals surface area contributed by atoms with Gasteiger partial charge in [0.2, 0.25) is 0 Å². The maximum absolute atomic E-state index is 12.2. The van der Waals surface area contributed by atoms with E-state index in [9.17, 15) is 15.3 Å². The molecule has 0 aliphatic heterocycles. The van der Waals surface area contributed by atoms with E-state index in [-0.39, 0.29) is 22.9 Å². The van der Waals surface area contributed by atoms with Gasteiger partial charge in [-0.3, -0.25) is 0 Å². The fourth-order valence-electron chi connectivity index (χ4n) is 8.52. The van der Waals surface area contributed by atoms with Crippen LogP contribution in [0.4, 0.5) is 0 Å². The number of rotatable bonds is 5. The van der Waals surface area contributed by atoms with E-state index in [1.54, 1.807) is 0 Å². The van der Waals surface area contributed by atoms with Gasteiger partial charge in [0.1, 0.15) is 0 Å². The van der Waals surface area contributed by atoms with Crippen molar-refractivity contribution in [3.05, 3.63) is 11.6 Å². The van der Waals surface area contributed by atoms with E-state index in [4.69, 9.17) is 0 Å². The molecule has 4 aliphatic carbocycles. The van der Waals surface area contributed by atoms with E-state index in [1.165, 1.54) is 25.7 Å². The Morgan fingerprint density at radius 3 is 2.43 bits per heavy atom. The molecule has 0 saturated heterocycles. The van der Waals surface area contributed by atoms with Crippen molar-refractivity contribution in [3.63, 3.8) is 0 Å². The molecule has 0 aromatic heterocycles. The lowest BCUT2D eigenvalue weighted by atomic mass is 9.45. The Kier molecular flexibility index (Phi) is 5.99. The summed E-state index contributed by atoms with van der Waals surface area (Å²) in [4.78, 5) is 0. The normalized spacial score (nSPS) is 49.2. The monoisotopic (exact) mass is 418 g/mol. The first-order valence-corrected chi connectivity index (χ1v) is 12.8. The minimum absolute atomic E-state index is 0.0356. The van der Waals surface area contributed by atoms with E-state index >= 15 is 0 Å². The fraction of sp³-hybridized carbons (Fsp3) is 0.926. The molecule has 30 heavy (non-hydrogen) atoms. The predicted octanol–water partition coefficient (Wildman–Crippen LogP) is 5.47. The highest BCUT2D eigenvalue weighted by Crippen LogP contribution is 2.68. The van der Waals surface area contributed by atoms with Gasteiger partial charge in [-0.2, -0.15) is 0 Å². The average Bonchev–Trinajstić information content (AvgIpc) is 3.02. The highest BCUT2D eigenvalue weighted by molar-refractivity contribution is 5.36. The van der Waals surface area contributed by atoms with Gasteiger partial charge in [0.15, 0.2) is 0 Å². The molecule has 0 amide bonds. The van der Waals surface area contributed by atoms with Gasteiger partial charge in [-0.1, -0.05) is 60.0 Å². The SMILES string of the molecule is CC(C)CCC[C@@H](C)[C@H]1CC[C@H]2C3=CC(O)C4CC(O)CC[C@]4(C)C3(O)CC[C@]12C. The molecule has 0 bridgehead atoms. The lowest BCUT2D eigenvalue weighted by Gasteiger charge is -2.63. The van der Waals surface area contributed by atoms with Crippen LogP contribution in [-0.4, -0.2) is 33.1 Å². The van der Waals surface area contributed by atoms with Crippen LogP contribution in [0, 0.1) is 40.4 Å². The molecule has 4 unspecified atom stereocenters. The molecule has 0 spiro atoms. The van der Waals surface area contributed by atoms with E-state index in [1.807, 2.05) is 6.08 Å². The molecule has 0 radical (unpaired) electrons. The molecule has 3 heteroatoms. The van der Waals surface area contributed by atoms with Crippen LogP contribution < -0.4 is 0 Å².